The summed E-state index contributed by atoms with van der Waals surface area (Å²) >= 11 is 3.15. The number of thiazole rings is 1. The van der Waals surface area contributed by atoms with Crippen LogP contribution in [-0.4, -0.2) is 41.1 Å². The Kier molecular flexibility index (Phi) is 6.20. The molecule has 0 radical (unpaired) electrons. The van der Waals surface area contributed by atoms with Crippen LogP contribution in [0.15, 0.2) is 59.3 Å². The summed E-state index contributed by atoms with van der Waals surface area (Å²) in [7, 11) is 4.92. The molecule has 0 saturated carbocycles. The van der Waals surface area contributed by atoms with E-state index in [2.05, 4.69) is 10.2 Å². The van der Waals surface area contributed by atoms with Gasteiger partial charge in [0.25, 0.3) is 0 Å². The molecule has 0 amide bonds. The lowest BCUT2D eigenvalue weighted by Gasteiger charge is -2.10. The van der Waals surface area contributed by atoms with Crippen LogP contribution in [0, 0.1) is 0 Å². The Morgan fingerprint density at radius 2 is 1.90 bits per heavy atom. The van der Waals surface area contributed by atoms with Crippen LogP contribution in [0.4, 0.5) is 0 Å². The fourth-order valence-corrected chi connectivity index (χ4v) is 4.72. The molecule has 2 aromatic heterocycles. The number of benzene rings is 2. The van der Waals surface area contributed by atoms with Crippen molar-refractivity contribution in [2.75, 3.05) is 21.3 Å². The predicted molar refractivity (Wildman–Crippen MR) is 118 cm³/mol. The van der Waals surface area contributed by atoms with Crippen LogP contribution in [0.5, 0.6) is 17.2 Å². The van der Waals surface area contributed by atoms with Crippen LogP contribution in [0.2, 0.25) is 0 Å². The molecule has 2 aromatic carbocycles. The van der Waals surface area contributed by atoms with Crippen LogP contribution in [0.3, 0.4) is 0 Å². The maximum absolute atomic E-state index is 5.54. The third-order valence-corrected chi connectivity index (χ3v) is 6.28. The third-order valence-electron chi connectivity index (χ3n) is 4.38. The molecule has 0 N–H and O–H groups in total. The molecule has 0 aliphatic heterocycles. The zero-order valence-corrected chi connectivity index (χ0v) is 18.4. The van der Waals surface area contributed by atoms with Gasteiger partial charge in [-0.25, -0.2) is 4.98 Å². The van der Waals surface area contributed by atoms with Crippen molar-refractivity contribution in [3.8, 4) is 33.5 Å². The number of nitrogens with zero attached hydrogens (tertiary/aromatic N) is 4. The van der Waals surface area contributed by atoms with Gasteiger partial charge in [0.2, 0.25) is 0 Å². The fraction of sp³-hybridized carbons (Fsp3) is 0.190. The molecule has 0 bridgehead atoms. The molecule has 9 heteroatoms. The Labute approximate surface area is 182 Å². The minimum atomic E-state index is 0.672. The summed E-state index contributed by atoms with van der Waals surface area (Å²) in [6, 6.07) is 13.6. The first-order chi connectivity index (χ1) is 14.7. The van der Waals surface area contributed by atoms with E-state index in [9.17, 15) is 0 Å². The fourth-order valence-electron chi connectivity index (χ4n) is 2.95. The summed E-state index contributed by atoms with van der Waals surface area (Å²) in [5, 5.41) is 12.0. The molecular weight excluding hydrogens is 420 g/mol. The van der Waals surface area contributed by atoms with Gasteiger partial charge in [-0.2, -0.15) is 0 Å². The van der Waals surface area contributed by atoms with Crippen molar-refractivity contribution >= 4 is 23.1 Å². The Hall–Kier alpha value is -3.04. The zero-order valence-electron chi connectivity index (χ0n) is 16.7. The molecule has 154 valence electrons. The van der Waals surface area contributed by atoms with Crippen molar-refractivity contribution in [1.29, 1.82) is 0 Å². The van der Waals surface area contributed by atoms with Gasteiger partial charge in [-0.05, 0) is 24.3 Å². The van der Waals surface area contributed by atoms with Crippen molar-refractivity contribution in [2.24, 2.45) is 0 Å². The van der Waals surface area contributed by atoms with Gasteiger partial charge >= 0.3 is 0 Å². The normalized spacial score (nSPS) is 10.8. The molecule has 0 spiro atoms. The first-order valence-electron chi connectivity index (χ1n) is 9.06. The van der Waals surface area contributed by atoms with Crippen LogP contribution in [0.1, 0.15) is 5.69 Å². The molecule has 4 rings (SSSR count). The zero-order chi connectivity index (χ0) is 20.9. The van der Waals surface area contributed by atoms with E-state index in [-0.39, 0.29) is 0 Å². The number of para-hydroxylation sites is 1. The maximum Gasteiger partial charge on any atom is 0.195 e. The Morgan fingerprint density at radius 1 is 1.03 bits per heavy atom. The molecule has 0 aliphatic rings. The lowest BCUT2D eigenvalue weighted by atomic mass is 10.2. The molecule has 0 fully saturated rings. The van der Waals surface area contributed by atoms with E-state index in [0.717, 1.165) is 32.9 Å². The van der Waals surface area contributed by atoms with Gasteiger partial charge < -0.3 is 14.2 Å². The number of rotatable bonds is 8. The average molecular weight is 441 g/mol. The number of methoxy groups -OCH3 is 3. The standard InChI is InChI=1S/C21H20N4O3S2/c1-26-16-7-4-6-15(10-16)25-13-22-24-21(25)30-12-14-11-29-20(23-14)17-8-5-9-18(27-2)19(17)28-3/h4-11,13H,12H2,1-3H3. The molecular formula is C21H20N4O3S2. The predicted octanol–water partition coefficient (Wildman–Crippen LogP) is 4.71. The number of hydrogen-bond acceptors (Lipinski definition) is 8. The van der Waals surface area contributed by atoms with Crippen LogP contribution in [0.25, 0.3) is 16.3 Å². The quantitative estimate of drug-likeness (QED) is 0.368. The molecule has 2 heterocycles. The van der Waals surface area contributed by atoms with Gasteiger partial charge in [0.15, 0.2) is 16.7 Å². The van der Waals surface area contributed by atoms with Crippen LogP contribution in [-0.2, 0) is 5.75 Å². The van der Waals surface area contributed by atoms with E-state index in [4.69, 9.17) is 19.2 Å². The maximum atomic E-state index is 5.54. The van der Waals surface area contributed by atoms with E-state index in [1.807, 2.05) is 52.4 Å². The summed E-state index contributed by atoms with van der Waals surface area (Å²) in [4.78, 5) is 4.78. The van der Waals surface area contributed by atoms with Crippen molar-refractivity contribution in [2.45, 2.75) is 10.9 Å². The van der Waals surface area contributed by atoms with E-state index in [1.54, 1.807) is 50.8 Å². The van der Waals surface area contributed by atoms with Crippen molar-refractivity contribution < 1.29 is 14.2 Å². The second-order valence-electron chi connectivity index (χ2n) is 6.16. The summed E-state index contributed by atoms with van der Waals surface area (Å²) < 4.78 is 18.2. The molecule has 0 unspecified atom stereocenters. The highest BCUT2D eigenvalue weighted by Crippen LogP contribution is 2.39. The smallest absolute Gasteiger partial charge is 0.195 e. The summed E-state index contributed by atoms with van der Waals surface area (Å²) in [6.45, 7) is 0. The minimum absolute atomic E-state index is 0.672. The lowest BCUT2D eigenvalue weighted by molar-refractivity contribution is 0.356. The average Bonchev–Trinajstić information content (AvgIpc) is 3.46. The van der Waals surface area contributed by atoms with Crippen molar-refractivity contribution in [3.63, 3.8) is 0 Å². The minimum Gasteiger partial charge on any atom is -0.497 e. The van der Waals surface area contributed by atoms with Crippen LogP contribution >= 0.6 is 23.1 Å². The highest BCUT2D eigenvalue weighted by atomic mass is 32.2. The largest absolute Gasteiger partial charge is 0.497 e. The van der Waals surface area contributed by atoms with Crippen molar-refractivity contribution in [1.82, 2.24) is 19.7 Å². The molecule has 0 atom stereocenters. The van der Waals surface area contributed by atoms with Gasteiger partial charge in [-0.1, -0.05) is 23.9 Å². The number of ether oxygens (including phenoxy) is 3. The highest BCUT2D eigenvalue weighted by molar-refractivity contribution is 7.98. The van der Waals surface area contributed by atoms with E-state index in [0.29, 0.717) is 17.3 Å². The van der Waals surface area contributed by atoms with Gasteiger partial charge in [0.05, 0.1) is 38.3 Å². The molecule has 7 nitrogen and oxygen atoms in total. The molecule has 30 heavy (non-hydrogen) atoms. The van der Waals surface area contributed by atoms with Crippen LogP contribution < -0.4 is 14.2 Å². The van der Waals surface area contributed by atoms with Gasteiger partial charge in [0.1, 0.15) is 17.1 Å². The Morgan fingerprint density at radius 3 is 2.70 bits per heavy atom. The summed E-state index contributed by atoms with van der Waals surface area (Å²) in [5.74, 6) is 2.83. The van der Waals surface area contributed by atoms with E-state index < -0.39 is 0 Å². The van der Waals surface area contributed by atoms with Gasteiger partial charge in [0, 0.05) is 17.2 Å². The number of aromatic nitrogens is 4. The van der Waals surface area contributed by atoms with Gasteiger partial charge in [-0.15, -0.1) is 21.5 Å². The SMILES string of the molecule is COc1cccc(-n2cnnc2SCc2csc(-c3cccc(OC)c3OC)n2)c1. The molecule has 4 aromatic rings. The first-order valence-corrected chi connectivity index (χ1v) is 10.9. The second kappa shape index (κ2) is 9.19. The van der Waals surface area contributed by atoms with Gasteiger partial charge in [-0.3, -0.25) is 4.57 Å². The summed E-state index contributed by atoms with van der Waals surface area (Å²) in [5.41, 5.74) is 2.82. The third kappa shape index (κ3) is 4.12. The lowest BCUT2D eigenvalue weighted by Crippen LogP contribution is -1.96. The topological polar surface area (TPSA) is 71.3 Å². The number of hydrogen-bond donors (Lipinski definition) is 0. The van der Waals surface area contributed by atoms with Crippen molar-refractivity contribution in [3.05, 3.63) is 59.9 Å². The van der Waals surface area contributed by atoms with E-state index >= 15 is 0 Å². The molecule has 0 saturated heterocycles. The monoisotopic (exact) mass is 440 g/mol. The second-order valence-corrected chi connectivity index (χ2v) is 7.96. The number of thioether (sulfide) groups is 1. The first kappa shape index (κ1) is 20.2. The Balaban J connectivity index is 1.52. The summed E-state index contributed by atoms with van der Waals surface area (Å²) in [6.07, 6.45) is 1.70. The molecule has 0 aliphatic carbocycles. The van der Waals surface area contributed by atoms with E-state index in [1.165, 1.54) is 0 Å². The Bertz CT molecular complexity index is 1140. The highest BCUT2D eigenvalue weighted by Gasteiger charge is 2.15.